The van der Waals surface area contributed by atoms with E-state index in [4.69, 9.17) is 0 Å². The predicted molar refractivity (Wildman–Crippen MR) is 64.9 cm³/mol. The third-order valence-corrected chi connectivity index (χ3v) is 2.67. The summed E-state index contributed by atoms with van der Waals surface area (Å²) < 4.78 is 0. The summed E-state index contributed by atoms with van der Waals surface area (Å²) in [6, 6.07) is 0. The van der Waals surface area contributed by atoms with Crippen LogP contribution in [0.2, 0.25) is 0 Å². The van der Waals surface area contributed by atoms with Gasteiger partial charge in [-0.1, -0.05) is 26.7 Å². The van der Waals surface area contributed by atoms with Crippen molar-refractivity contribution in [2.24, 2.45) is 5.92 Å². The summed E-state index contributed by atoms with van der Waals surface area (Å²) in [6.45, 7) is 6.01. The minimum absolute atomic E-state index is 0.222. The van der Waals surface area contributed by atoms with Crippen molar-refractivity contribution in [3.05, 3.63) is 0 Å². The number of hydrogen-bond donors (Lipinski definition) is 2. The van der Waals surface area contributed by atoms with Crippen LogP contribution in [0.3, 0.4) is 0 Å². The van der Waals surface area contributed by atoms with Gasteiger partial charge in [0.25, 0.3) is 0 Å². The Balaban J connectivity index is 3.63. The Hall–Kier alpha value is -0.570. The third kappa shape index (κ3) is 7.37. The molecule has 3 nitrogen and oxygen atoms in total. The Bertz CT molecular complexity index is 160. The van der Waals surface area contributed by atoms with Gasteiger partial charge in [-0.2, -0.15) is 0 Å². The molecule has 0 fully saturated rings. The van der Waals surface area contributed by atoms with Gasteiger partial charge in [0.2, 0.25) is 5.91 Å². The molecule has 1 unspecified atom stereocenters. The summed E-state index contributed by atoms with van der Waals surface area (Å²) in [6.07, 6.45) is 5.32. The summed E-state index contributed by atoms with van der Waals surface area (Å²) in [4.78, 5) is 11.7. The molecule has 0 bridgehead atoms. The highest BCUT2D eigenvalue weighted by Crippen LogP contribution is 2.12. The van der Waals surface area contributed by atoms with Gasteiger partial charge in [-0.05, 0) is 32.9 Å². The first kappa shape index (κ1) is 14.4. The molecule has 0 aromatic heterocycles. The van der Waals surface area contributed by atoms with Crippen LogP contribution in [0, 0.1) is 5.92 Å². The number of amides is 1. The molecule has 0 saturated heterocycles. The van der Waals surface area contributed by atoms with E-state index in [1.54, 1.807) is 0 Å². The molecule has 0 radical (unpaired) electrons. The van der Waals surface area contributed by atoms with E-state index in [1.165, 1.54) is 6.42 Å². The molecule has 15 heavy (non-hydrogen) atoms. The molecule has 90 valence electrons. The van der Waals surface area contributed by atoms with Crippen molar-refractivity contribution >= 4 is 5.91 Å². The molecule has 0 rings (SSSR count). The van der Waals surface area contributed by atoms with Crippen molar-refractivity contribution < 1.29 is 4.79 Å². The van der Waals surface area contributed by atoms with Gasteiger partial charge < -0.3 is 10.6 Å². The van der Waals surface area contributed by atoms with Crippen LogP contribution in [-0.2, 0) is 4.79 Å². The second kappa shape index (κ2) is 9.97. The maximum Gasteiger partial charge on any atom is 0.223 e. The Labute approximate surface area is 94.0 Å². The zero-order valence-electron chi connectivity index (χ0n) is 10.4. The molecule has 0 aromatic carbocycles. The zero-order valence-corrected chi connectivity index (χ0v) is 10.4. The second-order valence-corrected chi connectivity index (χ2v) is 4.00. The highest BCUT2D eigenvalue weighted by Gasteiger charge is 2.14. The van der Waals surface area contributed by atoms with Crippen LogP contribution in [0.1, 0.15) is 46.0 Å². The first-order valence-electron chi connectivity index (χ1n) is 6.18. The topological polar surface area (TPSA) is 41.1 Å². The van der Waals surface area contributed by atoms with E-state index in [0.29, 0.717) is 0 Å². The molecule has 2 N–H and O–H groups in total. The minimum Gasteiger partial charge on any atom is -0.356 e. The van der Waals surface area contributed by atoms with E-state index in [2.05, 4.69) is 24.5 Å². The monoisotopic (exact) mass is 214 g/mol. The van der Waals surface area contributed by atoms with Crippen LogP contribution in [0.15, 0.2) is 0 Å². The average molecular weight is 214 g/mol. The van der Waals surface area contributed by atoms with Crippen molar-refractivity contribution in [2.45, 2.75) is 46.0 Å². The van der Waals surface area contributed by atoms with Gasteiger partial charge in [-0.15, -0.1) is 0 Å². The molecule has 1 amide bonds. The predicted octanol–water partition coefficient (Wildman–Crippen LogP) is 1.93. The molecule has 0 aliphatic heterocycles. The normalized spacial score (nSPS) is 12.5. The molecular formula is C12H26N2O. The molecule has 1 atom stereocenters. The maximum atomic E-state index is 11.7. The van der Waals surface area contributed by atoms with Gasteiger partial charge in [0.05, 0.1) is 0 Å². The van der Waals surface area contributed by atoms with Crippen LogP contribution in [-0.4, -0.2) is 26.0 Å². The Morgan fingerprint density at radius 2 is 1.93 bits per heavy atom. The first-order valence-corrected chi connectivity index (χ1v) is 6.18. The van der Waals surface area contributed by atoms with Gasteiger partial charge in [0.1, 0.15) is 0 Å². The van der Waals surface area contributed by atoms with Gasteiger partial charge in [0, 0.05) is 12.5 Å². The lowest BCUT2D eigenvalue weighted by molar-refractivity contribution is -0.125. The molecule has 0 aromatic rings. The number of carbonyl (C=O) groups is 1. The lowest BCUT2D eigenvalue weighted by Crippen LogP contribution is -2.32. The fraction of sp³-hybridized carbons (Fsp3) is 0.917. The van der Waals surface area contributed by atoms with E-state index < -0.39 is 0 Å². The zero-order chi connectivity index (χ0) is 11.5. The molecule has 0 aliphatic rings. The third-order valence-electron chi connectivity index (χ3n) is 2.67. The SMILES string of the molecule is CCCCC(CC)C(=O)NCCCNC. The van der Waals surface area contributed by atoms with Crippen molar-refractivity contribution in [1.29, 1.82) is 0 Å². The second-order valence-electron chi connectivity index (χ2n) is 4.00. The van der Waals surface area contributed by atoms with Crippen LogP contribution in [0.25, 0.3) is 0 Å². The first-order chi connectivity index (χ1) is 7.26. The fourth-order valence-corrected chi connectivity index (χ4v) is 1.59. The molecule has 0 aliphatic carbocycles. The molecule has 0 spiro atoms. The maximum absolute atomic E-state index is 11.7. The van der Waals surface area contributed by atoms with Crippen molar-refractivity contribution in [2.75, 3.05) is 20.1 Å². The molecule has 0 heterocycles. The summed E-state index contributed by atoms with van der Waals surface area (Å²) in [7, 11) is 1.93. The number of carbonyl (C=O) groups excluding carboxylic acids is 1. The van der Waals surface area contributed by atoms with E-state index in [-0.39, 0.29) is 11.8 Å². The highest BCUT2D eigenvalue weighted by atomic mass is 16.1. The largest absolute Gasteiger partial charge is 0.356 e. The standard InChI is InChI=1S/C12H26N2O/c1-4-6-8-11(5-2)12(15)14-10-7-9-13-3/h11,13H,4-10H2,1-3H3,(H,14,15). The van der Waals surface area contributed by atoms with Crippen molar-refractivity contribution in [1.82, 2.24) is 10.6 Å². The van der Waals surface area contributed by atoms with E-state index in [9.17, 15) is 4.79 Å². The summed E-state index contributed by atoms with van der Waals surface area (Å²) in [5.41, 5.74) is 0. The lowest BCUT2D eigenvalue weighted by Gasteiger charge is -2.14. The van der Waals surface area contributed by atoms with Crippen LogP contribution in [0.5, 0.6) is 0 Å². The number of nitrogens with one attached hydrogen (secondary N) is 2. The number of hydrogen-bond acceptors (Lipinski definition) is 2. The molecular weight excluding hydrogens is 188 g/mol. The smallest absolute Gasteiger partial charge is 0.223 e. The summed E-state index contributed by atoms with van der Waals surface area (Å²) in [5.74, 6) is 0.460. The van der Waals surface area contributed by atoms with Gasteiger partial charge >= 0.3 is 0 Å². The van der Waals surface area contributed by atoms with Gasteiger partial charge in [0.15, 0.2) is 0 Å². The Kier molecular flexibility index (Phi) is 9.59. The van der Waals surface area contributed by atoms with E-state index in [1.807, 2.05) is 7.05 Å². The van der Waals surface area contributed by atoms with Crippen LogP contribution < -0.4 is 10.6 Å². The van der Waals surface area contributed by atoms with E-state index in [0.717, 1.165) is 38.8 Å². The molecule has 0 saturated carbocycles. The number of rotatable bonds is 9. The quantitative estimate of drug-likeness (QED) is 0.576. The number of unbranched alkanes of at least 4 members (excludes halogenated alkanes) is 1. The summed E-state index contributed by atoms with van der Waals surface area (Å²) in [5, 5.41) is 6.07. The van der Waals surface area contributed by atoms with Gasteiger partial charge in [-0.25, -0.2) is 0 Å². The minimum atomic E-state index is 0.222. The fourth-order valence-electron chi connectivity index (χ4n) is 1.59. The van der Waals surface area contributed by atoms with Gasteiger partial charge in [-0.3, -0.25) is 4.79 Å². The highest BCUT2D eigenvalue weighted by molar-refractivity contribution is 5.78. The van der Waals surface area contributed by atoms with Crippen molar-refractivity contribution in [3.63, 3.8) is 0 Å². The Morgan fingerprint density at radius 1 is 1.20 bits per heavy atom. The van der Waals surface area contributed by atoms with E-state index >= 15 is 0 Å². The lowest BCUT2D eigenvalue weighted by atomic mass is 9.98. The average Bonchev–Trinajstić information content (AvgIpc) is 2.25. The summed E-state index contributed by atoms with van der Waals surface area (Å²) >= 11 is 0. The van der Waals surface area contributed by atoms with Crippen molar-refractivity contribution in [3.8, 4) is 0 Å². The molecule has 3 heteroatoms. The van der Waals surface area contributed by atoms with Crippen LogP contribution in [0.4, 0.5) is 0 Å². The van der Waals surface area contributed by atoms with Crippen LogP contribution >= 0.6 is 0 Å². The Morgan fingerprint density at radius 3 is 2.47 bits per heavy atom.